The van der Waals surface area contributed by atoms with Crippen LogP contribution in [0.25, 0.3) is 0 Å². The highest BCUT2D eigenvalue weighted by Gasteiger charge is 2.20. The lowest BCUT2D eigenvalue weighted by molar-refractivity contribution is -0.143. The molecule has 0 aliphatic rings. The second kappa shape index (κ2) is 12.5. The van der Waals surface area contributed by atoms with E-state index in [4.69, 9.17) is 10.7 Å². The van der Waals surface area contributed by atoms with Crippen molar-refractivity contribution in [3.8, 4) is 11.5 Å². The molecule has 2 aromatic rings. The predicted octanol–water partition coefficient (Wildman–Crippen LogP) is 3.25. The molecule has 182 valence electrons. The van der Waals surface area contributed by atoms with E-state index < -0.39 is 73.9 Å². The van der Waals surface area contributed by atoms with Gasteiger partial charge in [-0.2, -0.15) is 0 Å². The van der Waals surface area contributed by atoms with Crippen LogP contribution in [0.2, 0.25) is 0 Å². The summed E-state index contributed by atoms with van der Waals surface area (Å²) in [6, 6.07) is 2.94. The third-order valence-electron chi connectivity index (χ3n) is 3.36. The molecule has 0 atom stereocenters. The summed E-state index contributed by atoms with van der Waals surface area (Å²) in [5.74, 6) is -7.47. The fourth-order valence-corrected chi connectivity index (χ4v) is 2.86. The van der Waals surface area contributed by atoms with Gasteiger partial charge in [-0.3, -0.25) is 0 Å². The van der Waals surface area contributed by atoms with Crippen LogP contribution in [-0.2, 0) is 28.1 Å². The predicted molar refractivity (Wildman–Crippen MR) is 108 cm³/mol. The number of ether oxygens (including phenoxy) is 4. The van der Waals surface area contributed by atoms with E-state index in [1.165, 1.54) is 0 Å². The van der Waals surface area contributed by atoms with Gasteiger partial charge in [0.1, 0.15) is 0 Å². The van der Waals surface area contributed by atoms with Gasteiger partial charge in [-0.1, -0.05) is 0 Å². The summed E-state index contributed by atoms with van der Waals surface area (Å²) < 4.78 is 92.3. The number of thiol groups is 1. The van der Waals surface area contributed by atoms with E-state index in [1.807, 2.05) is 0 Å². The highest BCUT2D eigenvalue weighted by Crippen LogP contribution is 2.27. The van der Waals surface area contributed by atoms with Crippen molar-refractivity contribution in [1.29, 1.82) is 0 Å². The first-order valence-electron chi connectivity index (χ1n) is 8.31. The molecule has 0 aromatic heterocycles. The lowest BCUT2D eigenvalue weighted by atomic mass is 10.3. The van der Waals surface area contributed by atoms with Crippen LogP contribution < -0.4 is 9.47 Å². The molecule has 0 bridgehead atoms. The zero-order valence-electron chi connectivity index (χ0n) is 16.7. The van der Waals surface area contributed by atoms with Crippen molar-refractivity contribution in [1.82, 2.24) is 0 Å². The highest BCUT2D eigenvalue weighted by molar-refractivity contribution is 8.13. The minimum absolute atomic E-state index is 0.135. The molecule has 0 saturated heterocycles. The molecule has 0 radical (unpaired) electrons. The van der Waals surface area contributed by atoms with Crippen molar-refractivity contribution in [2.75, 3.05) is 27.4 Å². The van der Waals surface area contributed by atoms with Crippen molar-refractivity contribution >= 4 is 44.3 Å². The van der Waals surface area contributed by atoms with Crippen LogP contribution in [-0.4, -0.2) is 47.8 Å². The Bertz CT molecular complexity index is 1080. The Kier molecular flexibility index (Phi) is 10.7. The lowest BCUT2D eigenvalue weighted by Gasteiger charge is -2.08. The summed E-state index contributed by atoms with van der Waals surface area (Å²) in [6.45, 7) is -1.26. The summed E-state index contributed by atoms with van der Waals surface area (Å²) in [5, 5.41) is 0. The van der Waals surface area contributed by atoms with Crippen LogP contribution in [0.1, 0.15) is 0 Å². The van der Waals surface area contributed by atoms with Gasteiger partial charge in [-0.05, 0) is 24.3 Å². The maximum Gasteiger partial charge on any atom is 0.343 e. The van der Waals surface area contributed by atoms with Crippen LogP contribution in [0, 0.1) is 23.3 Å². The van der Waals surface area contributed by atoms with Crippen molar-refractivity contribution in [2.24, 2.45) is 0 Å². The van der Waals surface area contributed by atoms with Crippen molar-refractivity contribution < 1.29 is 54.5 Å². The molecule has 0 N–H and O–H groups in total. The molecular formula is C18H15ClF4O8S2. The smallest absolute Gasteiger partial charge is 0.343 e. The zero-order valence-corrected chi connectivity index (χ0v) is 19.2. The van der Waals surface area contributed by atoms with Crippen LogP contribution in [0.3, 0.4) is 0 Å². The van der Waals surface area contributed by atoms with Gasteiger partial charge in [0.05, 0.1) is 19.1 Å². The molecule has 15 heteroatoms. The summed E-state index contributed by atoms with van der Waals surface area (Å²) in [5.41, 5.74) is 0. The first-order valence-corrected chi connectivity index (χ1v) is 11.1. The maximum atomic E-state index is 13.4. The Morgan fingerprint density at radius 2 is 1.15 bits per heavy atom. The fourth-order valence-electron chi connectivity index (χ4n) is 1.88. The van der Waals surface area contributed by atoms with Crippen molar-refractivity contribution in [3.05, 3.63) is 47.5 Å². The monoisotopic (exact) mass is 534 g/mol. The average Bonchev–Trinajstić information content (AvgIpc) is 2.71. The van der Waals surface area contributed by atoms with Gasteiger partial charge >= 0.3 is 11.9 Å². The summed E-state index contributed by atoms with van der Waals surface area (Å²) in [4.78, 5) is 20.8. The number of benzene rings is 2. The fraction of sp³-hybridized carbons (Fsp3) is 0.222. The van der Waals surface area contributed by atoms with Crippen LogP contribution >= 0.6 is 23.3 Å². The molecule has 0 unspecified atom stereocenters. The Morgan fingerprint density at radius 1 is 0.818 bits per heavy atom. The van der Waals surface area contributed by atoms with Gasteiger partial charge in [-0.15, -0.1) is 12.6 Å². The molecule has 8 nitrogen and oxygen atoms in total. The number of methoxy groups -OCH3 is 2. The topological polar surface area (TPSA) is 105 Å². The minimum Gasteiger partial charge on any atom is -0.476 e. The number of hydrogen-bond donors (Lipinski definition) is 1. The Balaban J connectivity index is 0.000000335. The number of hydrogen-bond acceptors (Lipinski definition) is 9. The number of esters is 2. The Labute approximate surface area is 195 Å². The number of halogens is 5. The van der Waals surface area contributed by atoms with E-state index in [0.29, 0.717) is 12.1 Å². The van der Waals surface area contributed by atoms with Crippen LogP contribution in [0.5, 0.6) is 11.5 Å². The van der Waals surface area contributed by atoms with Crippen molar-refractivity contribution in [2.45, 2.75) is 9.79 Å². The van der Waals surface area contributed by atoms with Gasteiger partial charge in [0.2, 0.25) is 0 Å². The third-order valence-corrected chi connectivity index (χ3v) is 4.95. The van der Waals surface area contributed by atoms with E-state index in [9.17, 15) is 35.6 Å². The van der Waals surface area contributed by atoms with Crippen LogP contribution in [0.15, 0.2) is 34.1 Å². The molecule has 0 amide bonds. The molecule has 0 saturated carbocycles. The lowest BCUT2D eigenvalue weighted by Crippen LogP contribution is -2.14. The third kappa shape index (κ3) is 8.98. The standard InChI is InChI=1S/C9H7ClF2O5S.C9H8F2O3S/c1-16-8(13)4-17-9-6(11)2-5(3-7(9)12)18(10,14)15;1-13-8(12)4-14-9-6(10)2-5(15)3-7(9)11/h2-3H,4H2,1H3;2-3,15H,4H2,1H3. The largest absolute Gasteiger partial charge is 0.476 e. The van der Waals surface area contributed by atoms with E-state index in [2.05, 4.69) is 31.6 Å². The molecule has 0 aliphatic heterocycles. The van der Waals surface area contributed by atoms with E-state index in [0.717, 1.165) is 26.4 Å². The molecular weight excluding hydrogens is 520 g/mol. The number of carbonyl (C=O) groups excluding carboxylic acids is 2. The van der Waals surface area contributed by atoms with Gasteiger partial charge in [0.15, 0.2) is 48.0 Å². The molecule has 2 rings (SSSR count). The number of carbonyl (C=O) groups is 2. The van der Waals surface area contributed by atoms with Gasteiger partial charge in [0, 0.05) is 15.6 Å². The van der Waals surface area contributed by atoms with E-state index in [-0.39, 0.29) is 4.90 Å². The highest BCUT2D eigenvalue weighted by atomic mass is 35.7. The molecule has 0 fully saturated rings. The SMILES string of the molecule is COC(=O)COc1c(F)cc(S(=O)(=O)Cl)cc1F.COC(=O)COc1c(F)cc(S)cc1F. The van der Waals surface area contributed by atoms with E-state index in [1.54, 1.807) is 0 Å². The molecule has 2 aromatic carbocycles. The summed E-state index contributed by atoms with van der Waals surface area (Å²) in [7, 11) is 2.89. The summed E-state index contributed by atoms with van der Waals surface area (Å²) >= 11 is 3.77. The van der Waals surface area contributed by atoms with Crippen molar-refractivity contribution in [3.63, 3.8) is 0 Å². The zero-order chi connectivity index (χ0) is 25.3. The normalized spacial score (nSPS) is 10.5. The molecule has 0 aliphatic carbocycles. The first kappa shape index (κ1) is 28.3. The first-order chi connectivity index (χ1) is 15.3. The second-order valence-corrected chi connectivity index (χ2v) is 8.70. The number of rotatable bonds is 7. The minimum atomic E-state index is -4.26. The van der Waals surface area contributed by atoms with Gasteiger partial charge < -0.3 is 18.9 Å². The van der Waals surface area contributed by atoms with Crippen LogP contribution in [0.4, 0.5) is 17.6 Å². The van der Waals surface area contributed by atoms with Gasteiger partial charge in [0.25, 0.3) is 9.05 Å². The van der Waals surface area contributed by atoms with E-state index >= 15 is 0 Å². The molecule has 0 spiro atoms. The average molecular weight is 535 g/mol. The summed E-state index contributed by atoms with van der Waals surface area (Å²) in [6.07, 6.45) is 0. The molecule has 0 heterocycles. The Hall–Kier alpha value is -2.71. The quantitative estimate of drug-likeness (QED) is 0.250. The molecule has 33 heavy (non-hydrogen) atoms. The maximum absolute atomic E-state index is 13.4. The van der Waals surface area contributed by atoms with Gasteiger partial charge in [-0.25, -0.2) is 35.6 Å². The Morgan fingerprint density at radius 3 is 1.45 bits per heavy atom. The second-order valence-electron chi connectivity index (χ2n) is 5.62.